The highest BCUT2D eigenvalue weighted by molar-refractivity contribution is 5.81. The second kappa shape index (κ2) is 7.36. The lowest BCUT2D eigenvalue weighted by Gasteiger charge is -2.31. The van der Waals surface area contributed by atoms with Gasteiger partial charge in [-0.05, 0) is 6.42 Å². The molecule has 0 aromatic carbocycles. The van der Waals surface area contributed by atoms with Gasteiger partial charge in [0.1, 0.15) is 6.54 Å². The summed E-state index contributed by atoms with van der Waals surface area (Å²) in [4.78, 5) is 24.1. The van der Waals surface area contributed by atoms with Crippen LogP contribution in [-0.2, 0) is 9.59 Å². The van der Waals surface area contributed by atoms with Crippen LogP contribution in [0.5, 0.6) is 0 Å². The van der Waals surface area contributed by atoms with E-state index in [1.54, 1.807) is 0 Å². The normalized spacial score (nSPS) is 13.1. The van der Waals surface area contributed by atoms with E-state index in [0.29, 0.717) is 24.1 Å². The van der Waals surface area contributed by atoms with Gasteiger partial charge in [-0.25, -0.2) is 0 Å². The molecule has 0 saturated carbocycles. The summed E-state index contributed by atoms with van der Waals surface area (Å²) in [5.74, 6) is 0.298. The molecule has 0 aliphatic carbocycles. The van der Waals surface area contributed by atoms with Crippen molar-refractivity contribution in [3.8, 4) is 0 Å². The smallest absolute Gasteiger partial charge is 0.229 e. The lowest BCUT2D eigenvalue weighted by Crippen LogP contribution is -2.53. The topological polar surface area (TPSA) is 46.2 Å². The maximum Gasteiger partial charge on any atom is 0.229 e. The Morgan fingerprint density at radius 3 is 2.00 bits per heavy atom. The number of nitrogens with one attached hydrogen (secondary N) is 1. The molecule has 0 saturated heterocycles. The molecule has 5 nitrogen and oxygen atoms in total. The Bertz CT molecular complexity index is 368. The zero-order chi connectivity index (χ0) is 16.9. The van der Waals surface area contributed by atoms with Crippen molar-refractivity contribution in [1.29, 1.82) is 0 Å². The van der Waals surface area contributed by atoms with Gasteiger partial charge in [0.05, 0.1) is 48.2 Å². The van der Waals surface area contributed by atoms with Crippen LogP contribution in [0.2, 0.25) is 0 Å². The molecule has 0 aliphatic rings. The molecule has 0 aromatic heterocycles. The third-order valence-corrected chi connectivity index (χ3v) is 3.83. The average molecular weight is 301 g/mol. The van der Waals surface area contributed by atoms with Crippen LogP contribution in [0, 0.1) is 5.41 Å². The average Bonchev–Trinajstić information content (AvgIpc) is 2.32. The summed E-state index contributed by atoms with van der Waals surface area (Å²) in [6.07, 6.45) is 1.38. The molecule has 1 N–H and O–H groups in total. The summed E-state index contributed by atoms with van der Waals surface area (Å²) in [7, 11) is 10.2. The van der Waals surface area contributed by atoms with E-state index in [9.17, 15) is 9.59 Å². The van der Waals surface area contributed by atoms with Crippen LogP contribution in [0.1, 0.15) is 33.6 Å². The fourth-order valence-electron chi connectivity index (χ4n) is 1.76. The lowest BCUT2D eigenvalue weighted by molar-refractivity contribution is -0.885. The number of carbonyl (C=O) groups excluding carboxylic acids is 2. The number of amides is 1. The van der Waals surface area contributed by atoms with E-state index >= 15 is 0 Å². The molecule has 0 unspecified atom stereocenters. The van der Waals surface area contributed by atoms with E-state index in [2.05, 4.69) is 26.5 Å². The number of rotatable bonds is 9. The van der Waals surface area contributed by atoms with Crippen molar-refractivity contribution < 1.29 is 18.6 Å². The van der Waals surface area contributed by atoms with Gasteiger partial charge in [-0.1, -0.05) is 20.8 Å². The van der Waals surface area contributed by atoms with E-state index in [1.165, 1.54) is 0 Å². The molecule has 0 bridgehead atoms. The second-order valence-electron chi connectivity index (χ2n) is 8.30. The molecular formula is C16H35N3O2+2. The summed E-state index contributed by atoms with van der Waals surface area (Å²) in [5.41, 5.74) is -0.353. The van der Waals surface area contributed by atoms with Crippen LogP contribution in [0.15, 0.2) is 0 Å². The minimum absolute atomic E-state index is 0.0509. The molecule has 1 amide bonds. The molecule has 0 radical (unpaired) electrons. The van der Waals surface area contributed by atoms with Crippen molar-refractivity contribution in [2.24, 2.45) is 5.41 Å². The van der Waals surface area contributed by atoms with Gasteiger partial charge in [-0.3, -0.25) is 9.59 Å². The first kappa shape index (κ1) is 20.1. The first-order valence-electron chi connectivity index (χ1n) is 7.71. The zero-order valence-electron chi connectivity index (χ0n) is 15.2. The van der Waals surface area contributed by atoms with Gasteiger partial charge >= 0.3 is 0 Å². The van der Waals surface area contributed by atoms with E-state index in [1.807, 2.05) is 34.9 Å². The SMILES string of the molecule is CCC(C)(C)C(=O)NC[N+](C)(C)CC(=O)CC[N+](C)(C)C. The maximum atomic E-state index is 12.1. The van der Waals surface area contributed by atoms with Crippen molar-refractivity contribution in [3.05, 3.63) is 0 Å². The van der Waals surface area contributed by atoms with Crippen LogP contribution < -0.4 is 5.32 Å². The van der Waals surface area contributed by atoms with Gasteiger partial charge in [-0.15, -0.1) is 0 Å². The highest BCUT2D eigenvalue weighted by atomic mass is 16.2. The van der Waals surface area contributed by atoms with Gasteiger partial charge in [0.2, 0.25) is 5.91 Å². The third kappa shape index (κ3) is 8.83. The molecule has 0 heterocycles. The monoisotopic (exact) mass is 301 g/mol. The Balaban J connectivity index is 4.32. The van der Waals surface area contributed by atoms with Crippen molar-refractivity contribution in [2.75, 3.05) is 55.0 Å². The fraction of sp³-hybridized carbons (Fsp3) is 0.875. The molecule has 0 aromatic rings. The molecule has 0 rings (SSSR count). The highest BCUT2D eigenvalue weighted by Gasteiger charge is 2.28. The molecule has 21 heavy (non-hydrogen) atoms. The van der Waals surface area contributed by atoms with Gasteiger partial charge in [0.15, 0.2) is 12.5 Å². The number of likely N-dealkylation sites (N-methyl/N-ethyl adjacent to an activating group) is 1. The number of Topliss-reactive ketones (excluding diaryl/α,β-unsaturated/α-hetero) is 1. The number of ketones is 1. The van der Waals surface area contributed by atoms with Crippen molar-refractivity contribution in [2.45, 2.75) is 33.6 Å². The minimum atomic E-state index is -0.353. The van der Waals surface area contributed by atoms with Crippen LogP contribution >= 0.6 is 0 Å². The molecule has 124 valence electrons. The molecule has 0 atom stereocenters. The Labute approximate surface area is 130 Å². The van der Waals surface area contributed by atoms with Gasteiger partial charge in [-0.2, -0.15) is 0 Å². The number of quaternary nitrogens is 2. The number of carbonyl (C=O) groups is 2. The van der Waals surface area contributed by atoms with Crippen molar-refractivity contribution in [3.63, 3.8) is 0 Å². The number of nitrogens with zero attached hydrogens (tertiary/aromatic N) is 2. The van der Waals surface area contributed by atoms with Gasteiger partial charge < -0.3 is 14.3 Å². The first-order chi connectivity index (χ1) is 9.29. The van der Waals surface area contributed by atoms with E-state index < -0.39 is 0 Å². The Kier molecular flexibility index (Phi) is 7.03. The lowest BCUT2D eigenvalue weighted by atomic mass is 9.89. The molecule has 0 fully saturated rings. The Morgan fingerprint density at radius 2 is 1.57 bits per heavy atom. The summed E-state index contributed by atoms with van der Waals surface area (Å²) < 4.78 is 1.28. The fourth-order valence-corrected chi connectivity index (χ4v) is 1.76. The number of hydrogen-bond acceptors (Lipinski definition) is 2. The maximum absolute atomic E-state index is 12.1. The van der Waals surface area contributed by atoms with Crippen molar-refractivity contribution in [1.82, 2.24) is 5.32 Å². The largest absolute Gasteiger partial charge is 0.331 e. The third-order valence-electron chi connectivity index (χ3n) is 3.83. The van der Waals surface area contributed by atoms with Gasteiger partial charge in [0.25, 0.3) is 0 Å². The first-order valence-corrected chi connectivity index (χ1v) is 7.71. The standard InChI is InChI=1S/C16H34N3O2/c1-9-16(2,3)15(21)17-13-19(7,8)12-14(20)10-11-18(4,5)6/h9-13H2,1-8H3/q+1/p+1. The summed E-state index contributed by atoms with van der Waals surface area (Å²) >= 11 is 0. The van der Waals surface area contributed by atoms with Gasteiger partial charge in [0, 0.05) is 5.41 Å². The summed E-state index contributed by atoms with van der Waals surface area (Å²) in [6.45, 7) is 7.66. The quantitative estimate of drug-likeness (QED) is 0.514. The van der Waals surface area contributed by atoms with E-state index in [-0.39, 0.29) is 17.1 Å². The Morgan fingerprint density at radius 1 is 1.05 bits per heavy atom. The van der Waals surface area contributed by atoms with E-state index in [4.69, 9.17) is 0 Å². The molecular weight excluding hydrogens is 266 g/mol. The Hall–Kier alpha value is -0.940. The summed E-state index contributed by atoms with van der Waals surface area (Å²) in [5, 5.41) is 2.97. The van der Waals surface area contributed by atoms with Crippen LogP contribution in [0.25, 0.3) is 0 Å². The molecule has 0 aliphatic heterocycles. The predicted octanol–water partition coefficient (Wildman–Crippen LogP) is 1.24. The van der Waals surface area contributed by atoms with E-state index in [0.717, 1.165) is 17.4 Å². The minimum Gasteiger partial charge on any atom is -0.331 e. The zero-order valence-corrected chi connectivity index (χ0v) is 15.2. The van der Waals surface area contributed by atoms with Crippen LogP contribution in [-0.4, -0.2) is 75.7 Å². The highest BCUT2D eigenvalue weighted by Crippen LogP contribution is 2.19. The predicted molar refractivity (Wildman–Crippen MR) is 86.6 cm³/mol. The molecule has 5 heteroatoms. The number of hydrogen-bond donors (Lipinski definition) is 1. The molecule has 0 spiro atoms. The van der Waals surface area contributed by atoms with Crippen LogP contribution in [0.3, 0.4) is 0 Å². The van der Waals surface area contributed by atoms with Crippen molar-refractivity contribution >= 4 is 11.7 Å². The van der Waals surface area contributed by atoms with Crippen LogP contribution in [0.4, 0.5) is 0 Å². The second-order valence-corrected chi connectivity index (χ2v) is 8.30. The summed E-state index contributed by atoms with van der Waals surface area (Å²) in [6, 6.07) is 0.